The Bertz CT molecular complexity index is 879. The van der Waals surface area contributed by atoms with Gasteiger partial charge in [0.25, 0.3) is 0 Å². The first kappa shape index (κ1) is 16.6. The summed E-state index contributed by atoms with van der Waals surface area (Å²) in [7, 11) is 0. The fourth-order valence-corrected chi connectivity index (χ4v) is 2.49. The SMILES string of the molecule is C[C@H](Oc1cccc(Cl)c1)C(=O)OCc1cn2cc(Cl)ccc2n1. The summed E-state index contributed by atoms with van der Waals surface area (Å²) in [6, 6.07) is 10.4. The third kappa shape index (κ3) is 3.99. The van der Waals surface area contributed by atoms with E-state index in [1.807, 2.05) is 0 Å². The van der Waals surface area contributed by atoms with Crippen LogP contribution in [0.4, 0.5) is 0 Å². The normalized spacial score (nSPS) is 12.1. The van der Waals surface area contributed by atoms with Gasteiger partial charge in [0.05, 0.1) is 10.7 Å². The Morgan fingerprint density at radius 2 is 2.04 bits per heavy atom. The van der Waals surface area contributed by atoms with Crippen LogP contribution < -0.4 is 4.74 Å². The van der Waals surface area contributed by atoms with Gasteiger partial charge in [-0.1, -0.05) is 29.3 Å². The van der Waals surface area contributed by atoms with Gasteiger partial charge in [0, 0.05) is 17.4 Å². The highest BCUT2D eigenvalue weighted by Crippen LogP contribution is 2.19. The minimum Gasteiger partial charge on any atom is -0.479 e. The highest BCUT2D eigenvalue weighted by molar-refractivity contribution is 6.30. The van der Waals surface area contributed by atoms with Crippen LogP contribution in [0.3, 0.4) is 0 Å². The van der Waals surface area contributed by atoms with Crippen LogP contribution in [0, 0.1) is 0 Å². The zero-order valence-corrected chi connectivity index (χ0v) is 14.3. The molecule has 24 heavy (non-hydrogen) atoms. The van der Waals surface area contributed by atoms with Gasteiger partial charge in [-0.15, -0.1) is 0 Å². The zero-order chi connectivity index (χ0) is 17.1. The maximum atomic E-state index is 12.0. The molecule has 1 atom stereocenters. The molecule has 2 heterocycles. The number of halogens is 2. The standard InChI is InChI=1S/C17H14Cl2N2O3/c1-11(24-15-4-2-3-12(18)7-15)17(22)23-10-14-9-21-8-13(19)5-6-16(21)20-14/h2-9,11H,10H2,1H3/t11-/m0/s1. The van der Waals surface area contributed by atoms with E-state index in [0.717, 1.165) is 5.65 Å². The zero-order valence-electron chi connectivity index (χ0n) is 12.8. The molecule has 0 spiro atoms. The van der Waals surface area contributed by atoms with Crippen LogP contribution in [0.5, 0.6) is 5.75 Å². The average Bonchev–Trinajstić information content (AvgIpc) is 2.94. The quantitative estimate of drug-likeness (QED) is 0.638. The van der Waals surface area contributed by atoms with Gasteiger partial charge in [-0.25, -0.2) is 9.78 Å². The van der Waals surface area contributed by atoms with Crippen molar-refractivity contribution in [3.63, 3.8) is 0 Å². The third-order valence-electron chi connectivity index (χ3n) is 3.27. The minimum atomic E-state index is -0.755. The van der Waals surface area contributed by atoms with E-state index in [-0.39, 0.29) is 6.61 Å². The predicted molar refractivity (Wildman–Crippen MR) is 91.5 cm³/mol. The van der Waals surface area contributed by atoms with Crippen LogP contribution in [0.15, 0.2) is 48.8 Å². The molecule has 0 aliphatic rings. The van der Waals surface area contributed by atoms with E-state index in [9.17, 15) is 4.79 Å². The summed E-state index contributed by atoms with van der Waals surface area (Å²) in [5.41, 5.74) is 1.36. The Morgan fingerprint density at radius 1 is 1.21 bits per heavy atom. The molecule has 0 N–H and O–H groups in total. The molecule has 0 radical (unpaired) electrons. The fraction of sp³-hybridized carbons (Fsp3) is 0.176. The molecule has 0 amide bonds. The van der Waals surface area contributed by atoms with Gasteiger partial charge in [0.2, 0.25) is 0 Å². The van der Waals surface area contributed by atoms with Crippen molar-refractivity contribution in [2.45, 2.75) is 19.6 Å². The molecule has 3 aromatic rings. The number of aromatic nitrogens is 2. The number of fused-ring (bicyclic) bond motifs is 1. The number of nitrogens with zero attached hydrogens (tertiary/aromatic N) is 2. The molecule has 124 valence electrons. The number of ether oxygens (including phenoxy) is 2. The summed E-state index contributed by atoms with van der Waals surface area (Å²) in [5, 5.41) is 1.14. The molecule has 7 heteroatoms. The molecule has 0 saturated carbocycles. The molecule has 0 aliphatic carbocycles. The van der Waals surface area contributed by atoms with Crippen molar-refractivity contribution >= 4 is 34.8 Å². The summed E-state index contributed by atoms with van der Waals surface area (Å²) in [6.45, 7) is 1.67. The first-order valence-electron chi connectivity index (χ1n) is 7.23. The number of imidazole rings is 1. The molecule has 0 saturated heterocycles. The second-order valence-electron chi connectivity index (χ2n) is 5.17. The first-order chi connectivity index (χ1) is 11.5. The third-order valence-corrected chi connectivity index (χ3v) is 3.73. The lowest BCUT2D eigenvalue weighted by Crippen LogP contribution is -2.26. The van der Waals surface area contributed by atoms with E-state index in [4.69, 9.17) is 32.7 Å². The van der Waals surface area contributed by atoms with Crippen molar-refractivity contribution in [1.29, 1.82) is 0 Å². The van der Waals surface area contributed by atoms with Crippen LogP contribution in [-0.4, -0.2) is 21.5 Å². The van der Waals surface area contributed by atoms with E-state index in [1.54, 1.807) is 60.1 Å². The van der Waals surface area contributed by atoms with Gasteiger partial charge in [-0.2, -0.15) is 0 Å². The Balaban J connectivity index is 1.59. The van der Waals surface area contributed by atoms with Crippen LogP contribution in [0.2, 0.25) is 10.0 Å². The highest BCUT2D eigenvalue weighted by atomic mass is 35.5. The molecule has 2 aromatic heterocycles. The molecule has 0 unspecified atom stereocenters. The van der Waals surface area contributed by atoms with Crippen molar-refractivity contribution in [2.75, 3.05) is 0 Å². The van der Waals surface area contributed by atoms with Gasteiger partial charge in [0.1, 0.15) is 18.0 Å². The van der Waals surface area contributed by atoms with Gasteiger partial charge < -0.3 is 13.9 Å². The van der Waals surface area contributed by atoms with Crippen LogP contribution in [-0.2, 0) is 16.1 Å². The summed E-state index contributed by atoms with van der Waals surface area (Å²) in [4.78, 5) is 16.4. The number of carbonyl (C=O) groups is 1. The number of rotatable bonds is 5. The number of benzene rings is 1. The minimum absolute atomic E-state index is 0.0569. The predicted octanol–water partition coefficient (Wildman–Crippen LogP) is 4.15. The number of hydrogen-bond donors (Lipinski definition) is 0. The largest absolute Gasteiger partial charge is 0.479 e. The molecular formula is C17H14Cl2N2O3. The maximum absolute atomic E-state index is 12.0. The second-order valence-corrected chi connectivity index (χ2v) is 6.04. The van der Waals surface area contributed by atoms with Gasteiger partial charge >= 0.3 is 5.97 Å². The molecule has 3 rings (SSSR count). The van der Waals surface area contributed by atoms with Crippen molar-refractivity contribution in [3.05, 3.63) is 64.5 Å². The Morgan fingerprint density at radius 3 is 2.83 bits per heavy atom. The molecular weight excluding hydrogens is 351 g/mol. The van der Waals surface area contributed by atoms with Crippen molar-refractivity contribution in [1.82, 2.24) is 9.38 Å². The van der Waals surface area contributed by atoms with Crippen LogP contribution in [0.25, 0.3) is 5.65 Å². The van der Waals surface area contributed by atoms with Gasteiger partial charge in [0.15, 0.2) is 6.10 Å². The lowest BCUT2D eigenvalue weighted by atomic mass is 10.3. The lowest BCUT2D eigenvalue weighted by Gasteiger charge is -2.13. The molecule has 5 nitrogen and oxygen atoms in total. The highest BCUT2D eigenvalue weighted by Gasteiger charge is 2.17. The second kappa shape index (κ2) is 7.11. The number of esters is 1. The maximum Gasteiger partial charge on any atom is 0.347 e. The van der Waals surface area contributed by atoms with Crippen LogP contribution >= 0.6 is 23.2 Å². The first-order valence-corrected chi connectivity index (χ1v) is 7.99. The Hall–Kier alpha value is -2.24. The van der Waals surface area contributed by atoms with Gasteiger partial charge in [-0.3, -0.25) is 0 Å². The smallest absolute Gasteiger partial charge is 0.347 e. The summed E-state index contributed by atoms with van der Waals surface area (Å²) >= 11 is 11.8. The number of pyridine rings is 1. The Labute approximate surface area is 148 Å². The lowest BCUT2D eigenvalue weighted by molar-refractivity contribution is -0.152. The van der Waals surface area contributed by atoms with E-state index in [0.29, 0.717) is 21.5 Å². The molecule has 0 fully saturated rings. The Kier molecular flexibility index (Phi) is 4.92. The van der Waals surface area contributed by atoms with E-state index < -0.39 is 12.1 Å². The summed E-state index contributed by atoms with van der Waals surface area (Å²) in [6.07, 6.45) is 2.74. The fourth-order valence-electron chi connectivity index (χ4n) is 2.14. The summed E-state index contributed by atoms with van der Waals surface area (Å²) in [5.74, 6) is 0.0272. The topological polar surface area (TPSA) is 52.8 Å². The monoisotopic (exact) mass is 364 g/mol. The molecule has 1 aromatic carbocycles. The van der Waals surface area contributed by atoms with Crippen molar-refractivity contribution in [2.24, 2.45) is 0 Å². The number of carbonyl (C=O) groups excluding carboxylic acids is 1. The van der Waals surface area contributed by atoms with E-state index in [2.05, 4.69) is 4.98 Å². The average molecular weight is 365 g/mol. The molecule has 0 aliphatic heterocycles. The summed E-state index contributed by atoms with van der Waals surface area (Å²) < 4.78 is 12.5. The number of hydrogen-bond acceptors (Lipinski definition) is 4. The van der Waals surface area contributed by atoms with E-state index in [1.165, 1.54) is 0 Å². The van der Waals surface area contributed by atoms with E-state index >= 15 is 0 Å². The molecule has 0 bridgehead atoms. The van der Waals surface area contributed by atoms with Crippen LogP contribution in [0.1, 0.15) is 12.6 Å². The van der Waals surface area contributed by atoms with Crippen molar-refractivity contribution < 1.29 is 14.3 Å². The van der Waals surface area contributed by atoms with Crippen molar-refractivity contribution in [3.8, 4) is 5.75 Å². The van der Waals surface area contributed by atoms with Gasteiger partial charge in [-0.05, 0) is 37.3 Å².